The van der Waals surface area contributed by atoms with Crippen molar-refractivity contribution < 1.29 is 17.9 Å². The van der Waals surface area contributed by atoms with E-state index in [4.69, 9.17) is 4.74 Å². The fourth-order valence-corrected chi connectivity index (χ4v) is 3.25. The van der Waals surface area contributed by atoms with Gasteiger partial charge in [-0.3, -0.25) is 9.52 Å². The fraction of sp³-hybridized carbons (Fsp3) is 0.350. The molecule has 27 heavy (non-hydrogen) atoms. The monoisotopic (exact) mass is 390 g/mol. The maximum absolute atomic E-state index is 12.5. The van der Waals surface area contributed by atoms with Gasteiger partial charge in [0, 0.05) is 12.2 Å². The van der Waals surface area contributed by atoms with E-state index in [0.29, 0.717) is 18.0 Å². The molecule has 7 heteroatoms. The molecule has 0 radical (unpaired) electrons. The fourth-order valence-electron chi connectivity index (χ4n) is 2.20. The predicted molar refractivity (Wildman–Crippen MR) is 106 cm³/mol. The molecular weight excluding hydrogens is 364 g/mol. The van der Waals surface area contributed by atoms with Crippen molar-refractivity contribution in [2.75, 3.05) is 17.9 Å². The van der Waals surface area contributed by atoms with Crippen LogP contribution in [-0.2, 0) is 14.8 Å². The number of hydrogen-bond acceptors (Lipinski definition) is 4. The average molecular weight is 391 g/mol. The van der Waals surface area contributed by atoms with Crippen LogP contribution in [0.5, 0.6) is 5.75 Å². The predicted octanol–water partition coefficient (Wildman–Crippen LogP) is 3.34. The highest BCUT2D eigenvalue weighted by molar-refractivity contribution is 7.92. The number of amides is 1. The Labute approximate surface area is 161 Å². The number of sulfonamides is 1. The number of nitrogens with one attached hydrogen (secondary N) is 2. The van der Waals surface area contributed by atoms with Crippen molar-refractivity contribution >= 4 is 21.6 Å². The van der Waals surface area contributed by atoms with E-state index >= 15 is 0 Å². The third-order valence-corrected chi connectivity index (χ3v) is 4.99. The van der Waals surface area contributed by atoms with E-state index < -0.39 is 10.0 Å². The minimum absolute atomic E-state index is 0.00401. The smallest absolute Gasteiger partial charge is 0.261 e. The van der Waals surface area contributed by atoms with Gasteiger partial charge in [-0.05, 0) is 54.3 Å². The molecule has 0 unspecified atom stereocenters. The Balaban J connectivity index is 1.95. The summed E-state index contributed by atoms with van der Waals surface area (Å²) in [4.78, 5) is 11.9. The highest BCUT2D eigenvalue weighted by Crippen LogP contribution is 2.20. The first-order valence-electron chi connectivity index (χ1n) is 8.64. The highest BCUT2D eigenvalue weighted by atomic mass is 32.2. The summed E-state index contributed by atoms with van der Waals surface area (Å²) in [5, 5.41) is 2.79. The number of ether oxygens (including phenoxy) is 1. The van der Waals surface area contributed by atoms with Crippen LogP contribution in [0.3, 0.4) is 0 Å². The van der Waals surface area contributed by atoms with Crippen molar-refractivity contribution in [1.82, 2.24) is 5.32 Å². The molecule has 0 saturated heterocycles. The summed E-state index contributed by atoms with van der Waals surface area (Å²) in [6.45, 7) is 8.40. The Kier molecular flexibility index (Phi) is 6.49. The van der Waals surface area contributed by atoms with Crippen LogP contribution in [0.1, 0.15) is 26.3 Å². The van der Waals surface area contributed by atoms with Crippen molar-refractivity contribution in [2.45, 2.75) is 32.6 Å². The number of rotatable bonds is 7. The molecule has 0 atom stereocenters. The second-order valence-corrected chi connectivity index (χ2v) is 9.25. The molecule has 0 aliphatic rings. The first-order valence-corrected chi connectivity index (χ1v) is 10.1. The van der Waals surface area contributed by atoms with Crippen LogP contribution in [0, 0.1) is 12.3 Å². The molecule has 2 rings (SSSR count). The number of benzene rings is 2. The van der Waals surface area contributed by atoms with E-state index in [-0.39, 0.29) is 22.8 Å². The van der Waals surface area contributed by atoms with E-state index in [1.807, 2.05) is 33.8 Å². The van der Waals surface area contributed by atoms with Crippen LogP contribution in [0.4, 0.5) is 5.69 Å². The SMILES string of the molecule is Cc1cccc(NS(=O)(=O)c2ccc(OCC(=O)NCC(C)(C)C)cc2)c1. The Morgan fingerprint density at radius 3 is 2.33 bits per heavy atom. The lowest BCUT2D eigenvalue weighted by Crippen LogP contribution is -2.35. The van der Waals surface area contributed by atoms with Crippen molar-refractivity contribution in [3.63, 3.8) is 0 Å². The maximum Gasteiger partial charge on any atom is 0.261 e. The molecule has 0 heterocycles. The third-order valence-electron chi connectivity index (χ3n) is 3.59. The third kappa shape index (κ3) is 6.94. The summed E-state index contributed by atoms with van der Waals surface area (Å²) in [7, 11) is -3.69. The quantitative estimate of drug-likeness (QED) is 0.759. The molecule has 0 aliphatic heterocycles. The zero-order valence-electron chi connectivity index (χ0n) is 16.1. The first kappa shape index (κ1) is 20.8. The van der Waals surface area contributed by atoms with Crippen molar-refractivity contribution in [3.05, 3.63) is 54.1 Å². The summed E-state index contributed by atoms with van der Waals surface area (Å²) in [6, 6.07) is 13.1. The van der Waals surface area contributed by atoms with Gasteiger partial charge in [0.15, 0.2) is 6.61 Å². The van der Waals surface area contributed by atoms with Gasteiger partial charge < -0.3 is 10.1 Å². The number of carbonyl (C=O) groups excluding carboxylic acids is 1. The Bertz CT molecular complexity index is 885. The van der Waals surface area contributed by atoms with Crippen LogP contribution < -0.4 is 14.8 Å². The first-order chi connectivity index (χ1) is 12.5. The van der Waals surface area contributed by atoms with Crippen molar-refractivity contribution in [3.8, 4) is 5.75 Å². The van der Waals surface area contributed by atoms with E-state index in [1.165, 1.54) is 24.3 Å². The van der Waals surface area contributed by atoms with E-state index in [2.05, 4.69) is 10.0 Å². The van der Waals surface area contributed by atoms with Crippen LogP contribution >= 0.6 is 0 Å². The molecule has 0 aliphatic carbocycles. The molecule has 2 aromatic carbocycles. The minimum Gasteiger partial charge on any atom is -0.484 e. The van der Waals surface area contributed by atoms with Gasteiger partial charge in [-0.1, -0.05) is 32.9 Å². The van der Waals surface area contributed by atoms with E-state index in [9.17, 15) is 13.2 Å². The summed E-state index contributed by atoms with van der Waals surface area (Å²) < 4.78 is 32.9. The summed E-state index contributed by atoms with van der Waals surface area (Å²) in [5.41, 5.74) is 1.46. The van der Waals surface area contributed by atoms with Gasteiger partial charge in [0.05, 0.1) is 4.90 Å². The number of hydrogen-bond donors (Lipinski definition) is 2. The lowest BCUT2D eigenvalue weighted by Gasteiger charge is -2.18. The molecule has 0 aromatic heterocycles. The molecule has 2 N–H and O–H groups in total. The summed E-state index contributed by atoms with van der Waals surface area (Å²) >= 11 is 0. The average Bonchev–Trinajstić information content (AvgIpc) is 2.57. The Hall–Kier alpha value is -2.54. The Morgan fingerprint density at radius 1 is 1.07 bits per heavy atom. The molecule has 6 nitrogen and oxygen atoms in total. The highest BCUT2D eigenvalue weighted by Gasteiger charge is 2.15. The molecule has 0 bridgehead atoms. The van der Waals surface area contributed by atoms with E-state index in [0.717, 1.165) is 5.56 Å². The second kappa shape index (κ2) is 8.43. The summed E-state index contributed by atoms with van der Waals surface area (Å²) in [6.07, 6.45) is 0. The van der Waals surface area contributed by atoms with Crippen molar-refractivity contribution in [2.24, 2.45) is 5.41 Å². The van der Waals surface area contributed by atoms with Gasteiger partial charge in [-0.25, -0.2) is 8.42 Å². The molecule has 0 spiro atoms. The van der Waals surface area contributed by atoms with E-state index in [1.54, 1.807) is 18.2 Å². The van der Waals surface area contributed by atoms with Crippen LogP contribution in [0.2, 0.25) is 0 Å². The van der Waals surface area contributed by atoms with Crippen LogP contribution in [0.25, 0.3) is 0 Å². The molecular formula is C20H26N2O4S. The molecule has 2 aromatic rings. The minimum atomic E-state index is -3.69. The van der Waals surface area contributed by atoms with Crippen LogP contribution in [-0.4, -0.2) is 27.5 Å². The molecule has 0 saturated carbocycles. The van der Waals surface area contributed by atoms with Gasteiger partial charge >= 0.3 is 0 Å². The van der Waals surface area contributed by atoms with Gasteiger partial charge in [-0.15, -0.1) is 0 Å². The second-order valence-electron chi connectivity index (χ2n) is 7.57. The Morgan fingerprint density at radius 2 is 1.74 bits per heavy atom. The maximum atomic E-state index is 12.5. The van der Waals surface area contributed by atoms with Crippen LogP contribution in [0.15, 0.2) is 53.4 Å². The molecule has 0 fully saturated rings. The van der Waals surface area contributed by atoms with Gasteiger partial charge in [0.2, 0.25) is 0 Å². The van der Waals surface area contributed by atoms with Gasteiger partial charge in [0.1, 0.15) is 5.75 Å². The summed E-state index contributed by atoms with van der Waals surface area (Å²) in [5.74, 6) is 0.207. The normalized spacial score (nSPS) is 11.7. The standard InChI is InChI=1S/C20H26N2O4S/c1-15-6-5-7-16(12-15)22-27(24,25)18-10-8-17(9-11-18)26-13-19(23)21-14-20(2,3)4/h5-12,22H,13-14H2,1-4H3,(H,21,23). The lowest BCUT2D eigenvalue weighted by molar-refractivity contribution is -0.123. The largest absolute Gasteiger partial charge is 0.484 e. The van der Waals surface area contributed by atoms with Gasteiger partial charge in [0.25, 0.3) is 15.9 Å². The van der Waals surface area contributed by atoms with Crippen molar-refractivity contribution in [1.29, 1.82) is 0 Å². The molecule has 146 valence electrons. The zero-order chi connectivity index (χ0) is 20.1. The number of anilines is 1. The number of aryl methyl sites for hydroxylation is 1. The molecule has 1 amide bonds. The number of carbonyl (C=O) groups is 1. The van der Waals surface area contributed by atoms with Gasteiger partial charge in [-0.2, -0.15) is 0 Å². The topological polar surface area (TPSA) is 84.5 Å². The lowest BCUT2D eigenvalue weighted by atomic mass is 9.97. The zero-order valence-corrected chi connectivity index (χ0v) is 16.9.